The molecule has 1 aromatic heterocycles. The maximum Gasteiger partial charge on any atom is 0.269 e. The maximum absolute atomic E-state index is 12.5. The fraction of sp³-hybridized carbons (Fsp3) is 0.192. The minimum atomic E-state index is -0.484. The van der Waals surface area contributed by atoms with Gasteiger partial charge in [-0.2, -0.15) is 0 Å². The van der Waals surface area contributed by atoms with Crippen LogP contribution < -0.4 is 15.4 Å². The molecular weight excluding hydrogens is 492 g/mol. The smallest absolute Gasteiger partial charge is 0.269 e. The molecule has 10 nitrogen and oxygen atoms in total. The van der Waals surface area contributed by atoms with Crippen molar-refractivity contribution in [2.45, 2.75) is 25.5 Å². The summed E-state index contributed by atoms with van der Waals surface area (Å²) in [5, 5.41) is 26.2. The summed E-state index contributed by atoms with van der Waals surface area (Å²) in [6.07, 6.45) is 0. The normalized spacial score (nSPS) is 10.6. The summed E-state index contributed by atoms with van der Waals surface area (Å²) < 4.78 is 7.42. The maximum atomic E-state index is 12.5. The van der Waals surface area contributed by atoms with E-state index in [4.69, 9.17) is 4.74 Å². The monoisotopic (exact) mass is 518 g/mol. The topological polar surface area (TPSA) is 124 Å². The Bertz CT molecular complexity index is 1360. The molecule has 4 aromatic rings. The first-order valence-corrected chi connectivity index (χ1v) is 12.6. The Labute approximate surface area is 218 Å². The average Bonchev–Trinajstić information content (AvgIpc) is 3.31. The lowest BCUT2D eigenvalue weighted by molar-refractivity contribution is -0.384. The van der Waals surface area contributed by atoms with Crippen molar-refractivity contribution in [3.8, 4) is 11.4 Å². The van der Waals surface area contributed by atoms with Gasteiger partial charge in [0.05, 0.1) is 23.8 Å². The van der Waals surface area contributed by atoms with Crippen LogP contribution in [0.1, 0.15) is 18.3 Å². The molecule has 4 rings (SSSR count). The summed E-state index contributed by atoms with van der Waals surface area (Å²) in [6.45, 7) is 4.99. The molecule has 0 saturated carbocycles. The van der Waals surface area contributed by atoms with Gasteiger partial charge in [0.15, 0.2) is 11.0 Å². The number of non-ortho nitro benzene ring substituents is 1. The third-order valence-corrected chi connectivity index (χ3v) is 6.23. The largest absolute Gasteiger partial charge is 0.494 e. The first-order chi connectivity index (χ1) is 17.9. The molecule has 2 N–H and O–H groups in total. The quantitative estimate of drug-likeness (QED) is 0.157. The van der Waals surface area contributed by atoms with E-state index in [-0.39, 0.29) is 17.3 Å². The zero-order valence-electron chi connectivity index (χ0n) is 20.4. The molecule has 3 aromatic carbocycles. The van der Waals surface area contributed by atoms with E-state index >= 15 is 0 Å². The summed E-state index contributed by atoms with van der Waals surface area (Å²) in [5.41, 5.74) is 3.37. The standard InChI is InChI=1S/C26H26N6O4S/c1-3-36-23-14-8-19(9-15-23)27-16-24-29-30-26(31(24)21-10-4-18(2)5-11-21)37-17-25(33)28-20-6-12-22(13-7-20)32(34)35/h4-15,27H,3,16-17H2,1-2H3,(H,28,33). The number of nitro benzene ring substituents is 1. The van der Waals surface area contributed by atoms with E-state index in [1.54, 1.807) is 0 Å². The van der Waals surface area contributed by atoms with Crippen LogP contribution in [0.15, 0.2) is 78.0 Å². The minimum absolute atomic E-state index is 0.0371. The molecule has 1 amide bonds. The van der Waals surface area contributed by atoms with Crippen LogP contribution in [0, 0.1) is 17.0 Å². The number of nitrogens with one attached hydrogen (secondary N) is 2. The van der Waals surface area contributed by atoms with E-state index in [1.807, 2.05) is 66.9 Å². The third-order valence-electron chi connectivity index (χ3n) is 5.30. The SMILES string of the molecule is CCOc1ccc(NCc2nnc(SCC(=O)Nc3ccc([N+](=O)[O-])cc3)n2-c2ccc(C)cc2)cc1. The second-order valence-corrected chi connectivity index (χ2v) is 8.96. The third kappa shape index (κ3) is 6.85. The molecule has 0 unspecified atom stereocenters. The number of thioether (sulfide) groups is 1. The lowest BCUT2D eigenvalue weighted by Crippen LogP contribution is -2.15. The van der Waals surface area contributed by atoms with Crippen LogP contribution >= 0.6 is 11.8 Å². The van der Waals surface area contributed by atoms with Gasteiger partial charge in [-0.1, -0.05) is 29.5 Å². The van der Waals surface area contributed by atoms with Crippen molar-refractivity contribution in [3.05, 3.63) is 94.3 Å². The second kappa shape index (κ2) is 12.0. The number of anilines is 2. The van der Waals surface area contributed by atoms with Crippen LogP contribution in [0.3, 0.4) is 0 Å². The number of hydrogen-bond donors (Lipinski definition) is 2. The minimum Gasteiger partial charge on any atom is -0.494 e. The van der Waals surface area contributed by atoms with Crippen molar-refractivity contribution >= 4 is 34.7 Å². The second-order valence-electron chi connectivity index (χ2n) is 8.02. The van der Waals surface area contributed by atoms with E-state index in [0.29, 0.717) is 29.8 Å². The molecule has 37 heavy (non-hydrogen) atoms. The van der Waals surface area contributed by atoms with Gasteiger partial charge in [-0.25, -0.2) is 0 Å². The predicted molar refractivity (Wildman–Crippen MR) is 143 cm³/mol. The fourth-order valence-corrected chi connectivity index (χ4v) is 4.24. The van der Waals surface area contributed by atoms with Gasteiger partial charge in [0.1, 0.15) is 5.75 Å². The van der Waals surface area contributed by atoms with Crippen molar-refractivity contribution in [1.82, 2.24) is 14.8 Å². The Kier molecular flexibility index (Phi) is 8.37. The Balaban J connectivity index is 1.46. The summed E-state index contributed by atoms with van der Waals surface area (Å²) in [7, 11) is 0. The first kappa shape index (κ1) is 25.7. The van der Waals surface area contributed by atoms with Gasteiger partial charge in [-0.3, -0.25) is 19.5 Å². The van der Waals surface area contributed by atoms with Crippen LogP contribution in [-0.2, 0) is 11.3 Å². The highest BCUT2D eigenvalue weighted by Crippen LogP contribution is 2.24. The highest BCUT2D eigenvalue weighted by molar-refractivity contribution is 7.99. The molecule has 11 heteroatoms. The highest BCUT2D eigenvalue weighted by Gasteiger charge is 2.16. The van der Waals surface area contributed by atoms with Crippen LogP contribution in [0.2, 0.25) is 0 Å². The van der Waals surface area contributed by atoms with Gasteiger partial charge in [0, 0.05) is 29.2 Å². The van der Waals surface area contributed by atoms with Crippen molar-refractivity contribution in [2.75, 3.05) is 23.0 Å². The Morgan fingerprint density at radius 1 is 1.00 bits per heavy atom. The number of aromatic nitrogens is 3. The molecular formula is C26H26N6O4S. The Hall–Kier alpha value is -4.38. The molecule has 0 fully saturated rings. The number of nitro groups is 1. The summed E-state index contributed by atoms with van der Waals surface area (Å²) in [4.78, 5) is 22.9. The number of aryl methyl sites for hydroxylation is 1. The molecule has 1 heterocycles. The van der Waals surface area contributed by atoms with E-state index in [1.165, 1.54) is 36.0 Å². The number of carbonyl (C=O) groups excluding carboxylic acids is 1. The molecule has 0 aliphatic rings. The Morgan fingerprint density at radius 2 is 1.68 bits per heavy atom. The van der Waals surface area contributed by atoms with Gasteiger partial charge in [0.2, 0.25) is 5.91 Å². The van der Waals surface area contributed by atoms with E-state index in [0.717, 1.165) is 22.7 Å². The lowest BCUT2D eigenvalue weighted by Gasteiger charge is -2.12. The van der Waals surface area contributed by atoms with E-state index < -0.39 is 4.92 Å². The molecule has 0 spiro atoms. The van der Waals surface area contributed by atoms with Gasteiger partial charge in [-0.05, 0) is 62.4 Å². The van der Waals surface area contributed by atoms with Crippen LogP contribution in [0.4, 0.5) is 17.1 Å². The number of benzene rings is 3. The molecule has 0 bridgehead atoms. The number of carbonyl (C=O) groups is 1. The number of amides is 1. The molecule has 0 atom stereocenters. The van der Waals surface area contributed by atoms with E-state index in [9.17, 15) is 14.9 Å². The first-order valence-electron chi connectivity index (χ1n) is 11.6. The molecule has 0 radical (unpaired) electrons. The fourth-order valence-electron chi connectivity index (χ4n) is 3.47. The molecule has 0 aliphatic carbocycles. The molecule has 0 saturated heterocycles. The van der Waals surface area contributed by atoms with Crippen molar-refractivity contribution in [2.24, 2.45) is 0 Å². The average molecular weight is 519 g/mol. The number of ether oxygens (including phenoxy) is 1. The molecule has 0 aliphatic heterocycles. The van der Waals surface area contributed by atoms with Crippen molar-refractivity contribution in [1.29, 1.82) is 0 Å². The zero-order chi connectivity index (χ0) is 26.2. The van der Waals surface area contributed by atoms with Gasteiger partial charge >= 0.3 is 0 Å². The number of hydrogen-bond acceptors (Lipinski definition) is 8. The van der Waals surface area contributed by atoms with Crippen LogP contribution in [-0.4, -0.2) is 38.0 Å². The van der Waals surface area contributed by atoms with Crippen LogP contribution in [0.25, 0.3) is 5.69 Å². The predicted octanol–water partition coefficient (Wildman–Crippen LogP) is 5.23. The zero-order valence-corrected chi connectivity index (χ0v) is 21.2. The highest BCUT2D eigenvalue weighted by atomic mass is 32.2. The summed E-state index contributed by atoms with van der Waals surface area (Å²) >= 11 is 1.26. The molecule has 190 valence electrons. The van der Waals surface area contributed by atoms with Gasteiger partial charge in [-0.15, -0.1) is 10.2 Å². The summed E-state index contributed by atoms with van der Waals surface area (Å²) in [6, 6.07) is 21.4. The van der Waals surface area contributed by atoms with Crippen molar-refractivity contribution < 1.29 is 14.5 Å². The van der Waals surface area contributed by atoms with Crippen molar-refractivity contribution in [3.63, 3.8) is 0 Å². The lowest BCUT2D eigenvalue weighted by atomic mass is 10.2. The van der Waals surface area contributed by atoms with Crippen LogP contribution in [0.5, 0.6) is 5.75 Å². The van der Waals surface area contributed by atoms with E-state index in [2.05, 4.69) is 20.8 Å². The Morgan fingerprint density at radius 3 is 2.32 bits per heavy atom. The number of rotatable bonds is 11. The van der Waals surface area contributed by atoms with Gasteiger partial charge < -0.3 is 15.4 Å². The number of nitrogens with zero attached hydrogens (tertiary/aromatic N) is 4. The summed E-state index contributed by atoms with van der Waals surface area (Å²) in [5.74, 6) is 1.33. The van der Waals surface area contributed by atoms with Gasteiger partial charge in [0.25, 0.3) is 5.69 Å².